The third-order valence-corrected chi connectivity index (χ3v) is 4.22. The number of hydrogen-bond acceptors (Lipinski definition) is 5. The minimum Gasteiger partial charge on any atom is -0.493 e. The molecule has 1 unspecified atom stereocenters. The first-order valence-corrected chi connectivity index (χ1v) is 9.55. The van der Waals surface area contributed by atoms with Crippen molar-refractivity contribution in [1.82, 2.24) is 10.7 Å². The number of carbonyl (C=O) groups is 2. The fourth-order valence-electron chi connectivity index (χ4n) is 2.64. The number of rotatable bonds is 9. The Bertz CT molecular complexity index is 898. The first-order valence-electron chi connectivity index (χ1n) is 9.55. The lowest BCUT2D eigenvalue weighted by Gasteiger charge is -2.20. The highest BCUT2D eigenvalue weighted by Gasteiger charge is 2.24. The molecule has 0 radical (unpaired) electrons. The zero-order valence-corrected chi connectivity index (χ0v) is 17.4. The number of nitrogens with one attached hydrogen (secondary N) is 2. The second kappa shape index (κ2) is 10.9. The lowest BCUT2D eigenvalue weighted by molar-refractivity contribution is -0.123. The summed E-state index contributed by atoms with van der Waals surface area (Å²) in [6.07, 6.45) is 1.47. The fraction of sp³-hybridized carbons (Fsp3) is 0.318. The van der Waals surface area contributed by atoms with Crippen LogP contribution >= 0.6 is 0 Å². The highest BCUT2D eigenvalue weighted by Crippen LogP contribution is 2.27. The highest BCUT2D eigenvalue weighted by molar-refractivity contribution is 5.97. The van der Waals surface area contributed by atoms with Crippen LogP contribution in [0.25, 0.3) is 0 Å². The Hall–Kier alpha value is -3.42. The van der Waals surface area contributed by atoms with Crippen molar-refractivity contribution in [3.05, 3.63) is 59.4 Å². The van der Waals surface area contributed by atoms with Gasteiger partial charge in [0.1, 0.15) is 11.9 Å². The van der Waals surface area contributed by atoms with Crippen LogP contribution in [0.3, 0.4) is 0 Å². The molecule has 1 atom stereocenters. The van der Waals surface area contributed by atoms with Crippen LogP contribution in [0, 0.1) is 11.7 Å². The summed E-state index contributed by atoms with van der Waals surface area (Å²) in [5.41, 5.74) is 3.40. The summed E-state index contributed by atoms with van der Waals surface area (Å²) in [4.78, 5) is 24.9. The maximum Gasteiger partial charge on any atom is 0.262 e. The molecule has 0 aromatic heterocycles. The SMILES string of the molecule is CCOc1ccc(/C=N/NC(=O)C(NC(=O)c2ccc(F)cc2)C(C)C)cc1OC. The smallest absolute Gasteiger partial charge is 0.262 e. The number of carbonyl (C=O) groups excluding carboxylic acids is 2. The number of amides is 2. The summed E-state index contributed by atoms with van der Waals surface area (Å²) < 4.78 is 23.8. The molecule has 2 N–H and O–H groups in total. The van der Waals surface area contributed by atoms with Crippen molar-refractivity contribution in [3.8, 4) is 11.5 Å². The van der Waals surface area contributed by atoms with E-state index in [1.165, 1.54) is 37.6 Å². The summed E-state index contributed by atoms with van der Waals surface area (Å²) in [7, 11) is 1.54. The fourth-order valence-corrected chi connectivity index (χ4v) is 2.64. The predicted molar refractivity (Wildman–Crippen MR) is 112 cm³/mol. The van der Waals surface area contributed by atoms with E-state index in [-0.39, 0.29) is 11.5 Å². The quantitative estimate of drug-likeness (QED) is 0.486. The van der Waals surface area contributed by atoms with Gasteiger partial charge in [-0.1, -0.05) is 13.8 Å². The zero-order valence-electron chi connectivity index (χ0n) is 17.4. The van der Waals surface area contributed by atoms with Crippen molar-refractivity contribution in [2.45, 2.75) is 26.8 Å². The molecule has 0 bridgehead atoms. The summed E-state index contributed by atoms with van der Waals surface area (Å²) in [6.45, 7) is 6.00. The van der Waals surface area contributed by atoms with E-state index in [0.29, 0.717) is 23.7 Å². The average Bonchev–Trinajstić information content (AvgIpc) is 2.73. The zero-order chi connectivity index (χ0) is 22.1. The van der Waals surface area contributed by atoms with E-state index in [1.54, 1.807) is 32.0 Å². The Morgan fingerprint density at radius 1 is 1.13 bits per heavy atom. The van der Waals surface area contributed by atoms with Crippen molar-refractivity contribution in [2.75, 3.05) is 13.7 Å². The van der Waals surface area contributed by atoms with Gasteiger partial charge < -0.3 is 14.8 Å². The molecular formula is C22H26FN3O4. The normalized spacial score (nSPS) is 11.9. The minimum absolute atomic E-state index is 0.185. The molecule has 2 aromatic rings. The second-order valence-corrected chi connectivity index (χ2v) is 6.78. The molecule has 7 nitrogen and oxygen atoms in total. The molecule has 0 saturated carbocycles. The minimum atomic E-state index is -0.811. The van der Waals surface area contributed by atoms with Gasteiger partial charge in [-0.3, -0.25) is 9.59 Å². The monoisotopic (exact) mass is 415 g/mol. The van der Waals surface area contributed by atoms with Gasteiger partial charge >= 0.3 is 0 Å². The molecule has 0 saturated heterocycles. The summed E-state index contributed by atoms with van der Waals surface area (Å²) in [5.74, 6) is -0.387. The molecule has 0 spiro atoms. The Kier molecular flexibility index (Phi) is 8.34. The standard InChI is InChI=1S/C22H26FN3O4/c1-5-30-18-11-6-15(12-19(18)29-4)13-24-26-22(28)20(14(2)3)25-21(27)16-7-9-17(23)10-8-16/h6-14,20H,5H2,1-4H3,(H,25,27)(H,26,28)/b24-13+. The number of methoxy groups -OCH3 is 1. The average molecular weight is 415 g/mol. The van der Waals surface area contributed by atoms with Gasteiger partial charge in [0.05, 0.1) is 19.9 Å². The van der Waals surface area contributed by atoms with Crippen molar-refractivity contribution < 1.29 is 23.5 Å². The number of hydrazone groups is 1. The lowest BCUT2D eigenvalue weighted by Crippen LogP contribution is -2.48. The molecule has 30 heavy (non-hydrogen) atoms. The molecule has 0 aliphatic heterocycles. The van der Waals surface area contributed by atoms with Gasteiger partial charge in [-0.25, -0.2) is 9.82 Å². The van der Waals surface area contributed by atoms with E-state index in [9.17, 15) is 14.0 Å². The Morgan fingerprint density at radius 3 is 2.43 bits per heavy atom. The molecule has 0 aliphatic rings. The van der Waals surface area contributed by atoms with Gasteiger partial charge in [-0.05, 0) is 60.9 Å². The van der Waals surface area contributed by atoms with Crippen LogP contribution < -0.4 is 20.2 Å². The van der Waals surface area contributed by atoms with Gasteiger partial charge in [0, 0.05) is 5.56 Å². The van der Waals surface area contributed by atoms with Crippen LogP contribution in [0.15, 0.2) is 47.6 Å². The number of ether oxygens (including phenoxy) is 2. The number of hydrogen-bond donors (Lipinski definition) is 2. The molecule has 0 aliphatic carbocycles. The van der Waals surface area contributed by atoms with Crippen LogP contribution in [0.4, 0.5) is 4.39 Å². The van der Waals surface area contributed by atoms with Gasteiger partial charge in [-0.15, -0.1) is 0 Å². The molecule has 2 rings (SSSR count). The van der Waals surface area contributed by atoms with Crippen LogP contribution in [-0.4, -0.2) is 37.8 Å². The Balaban J connectivity index is 2.02. The third-order valence-electron chi connectivity index (χ3n) is 4.22. The molecule has 2 aromatic carbocycles. The van der Waals surface area contributed by atoms with Gasteiger partial charge in [0.15, 0.2) is 11.5 Å². The van der Waals surface area contributed by atoms with Crippen LogP contribution in [0.1, 0.15) is 36.7 Å². The van der Waals surface area contributed by atoms with Crippen molar-refractivity contribution in [1.29, 1.82) is 0 Å². The Morgan fingerprint density at radius 2 is 1.83 bits per heavy atom. The van der Waals surface area contributed by atoms with E-state index in [1.807, 2.05) is 6.92 Å². The van der Waals surface area contributed by atoms with Crippen LogP contribution in [-0.2, 0) is 4.79 Å². The van der Waals surface area contributed by atoms with E-state index >= 15 is 0 Å². The van der Waals surface area contributed by atoms with E-state index in [4.69, 9.17) is 9.47 Å². The summed E-state index contributed by atoms with van der Waals surface area (Å²) in [6, 6.07) is 9.55. The number of halogens is 1. The molecule has 8 heteroatoms. The van der Waals surface area contributed by atoms with E-state index < -0.39 is 23.7 Å². The van der Waals surface area contributed by atoms with E-state index in [2.05, 4.69) is 15.8 Å². The van der Waals surface area contributed by atoms with Crippen LogP contribution in [0.5, 0.6) is 11.5 Å². The van der Waals surface area contributed by atoms with Crippen molar-refractivity contribution in [2.24, 2.45) is 11.0 Å². The van der Waals surface area contributed by atoms with Crippen molar-refractivity contribution in [3.63, 3.8) is 0 Å². The predicted octanol–water partition coefficient (Wildman–Crippen LogP) is 3.14. The summed E-state index contributed by atoms with van der Waals surface area (Å²) >= 11 is 0. The maximum absolute atomic E-state index is 13.0. The molecular weight excluding hydrogens is 389 g/mol. The summed E-state index contributed by atoms with van der Waals surface area (Å²) in [5, 5.41) is 6.62. The highest BCUT2D eigenvalue weighted by atomic mass is 19.1. The first-order chi connectivity index (χ1) is 14.3. The van der Waals surface area contributed by atoms with E-state index in [0.717, 1.165) is 0 Å². The topological polar surface area (TPSA) is 89.0 Å². The second-order valence-electron chi connectivity index (χ2n) is 6.78. The number of benzene rings is 2. The molecule has 160 valence electrons. The number of nitrogens with zero attached hydrogens (tertiary/aromatic N) is 1. The molecule has 0 heterocycles. The van der Waals surface area contributed by atoms with Gasteiger partial charge in [0.25, 0.3) is 11.8 Å². The van der Waals surface area contributed by atoms with Gasteiger partial charge in [0.2, 0.25) is 0 Å². The van der Waals surface area contributed by atoms with Crippen LogP contribution in [0.2, 0.25) is 0 Å². The first kappa shape index (κ1) is 22.9. The van der Waals surface area contributed by atoms with Crippen molar-refractivity contribution >= 4 is 18.0 Å². The third kappa shape index (κ3) is 6.30. The Labute approximate surface area is 175 Å². The maximum atomic E-state index is 13.0. The lowest BCUT2D eigenvalue weighted by atomic mass is 10.0. The largest absolute Gasteiger partial charge is 0.493 e. The molecule has 2 amide bonds. The molecule has 0 fully saturated rings. The van der Waals surface area contributed by atoms with Gasteiger partial charge in [-0.2, -0.15) is 5.10 Å².